The lowest BCUT2D eigenvalue weighted by atomic mass is 10.0. The van der Waals surface area contributed by atoms with E-state index in [0.29, 0.717) is 11.7 Å². The highest BCUT2D eigenvalue weighted by Gasteiger charge is 2.31. The van der Waals surface area contributed by atoms with Crippen molar-refractivity contribution in [1.82, 2.24) is 9.97 Å². The average Bonchev–Trinajstić information content (AvgIpc) is 2.70. The van der Waals surface area contributed by atoms with Crippen molar-refractivity contribution in [3.05, 3.63) is 11.9 Å². The smallest absolute Gasteiger partial charge is 0.134 e. The van der Waals surface area contributed by atoms with Crippen molar-refractivity contribution in [2.45, 2.75) is 39.2 Å². The van der Waals surface area contributed by atoms with Gasteiger partial charge in [0.15, 0.2) is 0 Å². The summed E-state index contributed by atoms with van der Waals surface area (Å²) in [6, 6.07) is 1.95. The van der Waals surface area contributed by atoms with Crippen LogP contribution in [0.15, 0.2) is 6.07 Å². The first-order valence-corrected chi connectivity index (χ1v) is 6.66. The highest BCUT2D eigenvalue weighted by atomic mass is 16.3. The molecule has 0 saturated carbocycles. The maximum absolute atomic E-state index is 9.49. The Balaban J connectivity index is 2.27. The van der Waals surface area contributed by atoms with Crippen LogP contribution in [0.3, 0.4) is 0 Å². The summed E-state index contributed by atoms with van der Waals surface area (Å²) in [5, 5.41) is 9.49. The van der Waals surface area contributed by atoms with Gasteiger partial charge in [-0.05, 0) is 18.8 Å². The Morgan fingerprint density at radius 2 is 2.28 bits per heavy atom. The van der Waals surface area contributed by atoms with Gasteiger partial charge in [-0.3, -0.25) is 0 Å². The van der Waals surface area contributed by atoms with Crippen molar-refractivity contribution in [2.24, 2.45) is 5.92 Å². The van der Waals surface area contributed by atoms with Crippen molar-refractivity contribution < 1.29 is 5.11 Å². The number of aromatic nitrogens is 2. The normalized spacial score (nSPS) is 23.6. The minimum absolute atomic E-state index is 0.147. The molecular weight excluding hydrogens is 228 g/mol. The van der Waals surface area contributed by atoms with Crippen molar-refractivity contribution in [3.8, 4) is 0 Å². The Labute approximate surface area is 108 Å². The molecule has 0 aliphatic carbocycles. The molecule has 3 N–H and O–H groups in total. The predicted octanol–water partition coefficient (Wildman–Crippen LogP) is 1.22. The van der Waals surface area contributed by atoms with Gasteiger partial charge in [0, 0.05) is 19.0 Å². The van der Waals surface area contributed by atoms with Gasteiger partial charge < -0.3 is 15.7 Å². The third-order valence-corrected chi connectivity index (χ3v) is 3.62. The van der Waals surface area contributed by atoms with E-state index in [2.05, 4.69) is 28.7 Å². The van der Waals surface area contributed by atoms with Gasteiger partial charge >= 0.3 is 0 Å². The first kappa shape index (κ1) is 13.1. The number of nitrogen functional groups attached to an aromatic ring is 1. The third-order valence-electron chi connectivity index (χ3n) is 3.62. The van der Waals surface area contributed by atoms with Crippen LogP contribution in [0.1, 0.15) is 32.5 Å². The van der Waals surface area contributed by atoms with Gasteiger partial charge in [-0.2, -0.15) is 0 Å². The van der Waals surface area contributed by atoms with Crippen molar-refractivity contribution in [3.63, 3.8) is 0 Å². The van der Waals surface area contributed by atoms with E-state index in [-0.39, 0.29) is 12.6 Å². The Morgan fingerprint density at radius 3 is 2.94 bits per heavy atom. The summed E-state index contributed by atoms with van der Waals surface area (Å²) in [6.45, 7) is 5.35. The molecule has 100 valence electrons. The van der Waals surface area contributed by atoms with Crippen LogP contribution in [0.2, 0.25) is 0 Å². The third kappa shape index (κ3) is 2.56. The molecule has 0 bridgehead atoms. The number of nitrogens with two attached hydrogens (primary N) is 1. The van der Waals surface area contributed by atoms with Crippen LogP contribution in [0.5, 0.6) is 0 Å². The molecule has 0 spiro atoms. The highest BCUT2D eigenvalue weighted by Crippen LogP contribution is 2.28. The molecular formula is C13H22N4O. The zero-order valence-corrected chi connectivity index (χ0v) is 11.1. The van der Waals surface area contributed by atoms with E-state index in [1.54, 1.807) is 6.07 Å². The molecule has 1 fully saturated rings. The van der Waals surface area contributed by atoms with E-state index < -0.39 is 0 Å². The summed E-state index contributed by atoms with van der Waals surface area (Å²) in [6.07, 6.45) is 2.92. The Morgan fingerprint density at radius 1 is 1.50 bits per heavy atom. The van der Waals surface area contributed by atoms with Gasteiger partial charge in [-0.15, -0.1) is 0 Å². The van der Waals surface area contributed by atoms with E-state index in [1.165, 1.54) is 0 Å². The molecule has 2 atom stereocenters. The van der Waals surface area contributed by atoms with Crippen molar-refractivity contribution >= 4 is 11.6 Å². The van der Waals surface area contributed by atoms with Crippen LogP contribution in [0, 0.1) is 5.92 Å². The second-order valence-corrected chi connectivity index (χ2v) is 5.03. The second kappa shape index (κ2) is 5.52. The van der Waals surface area contributed by atoms with Gasteiger partial charge in [-0.25, -0.2) is 9.97 Å². The lowest BCUT2D eigenvalue weighted by molar-refractivity contribution is 0.244. The zero-order valence-electron chi connectivity index (χ0n) is 11.1. The number of hydrogen-bond donors (Lipinski definition) is 2. The number of nitrogens with zero attached hydrogens (tertiary/aromatic N) is 3. The molecule has 1 saturated heterocycles. The minimum atomic E-state index is 0.147. The topological polar surface area (TPSA) is 75.3 Å². The van der Waals surface area contributed by atoms with E-state index in [0.717, 1.165) is 37.4 Å². The molecule has 18 heavy (non-hydrogen) atoms. The fourth-order valence-corrected chi connectivity index (χ4v) is 2.56. The summed E-state index contributed by atoms with van der Waals surface area (Å²) < 4.78 is 0. The van der Waals surface area contributed by atoms with Crippen LogP contribution in [0.4, 0.5) is 11.6 Å². The van der Waals surface area contributed by atoms with Crippen molar-refractivity contribution in [1.29, 1.82) is 0 Å². The second-order valence-electron chi connectivity index (χ2n) is 5.03. The van der Waals surface area contributed by atoms with E-state index >= 15 is 0 Å². The molecule has 5 nitrogen and oxygen atoms in total. The summed E-state index contributed by atoms with van der Waals surface area (Å²) in [4.78, 5) is 11.0. The monoisotopic (exact) mass is 250 g/mol. The number of hydrogen-bond acceptors (Lipinski definition) is 5. The lowest BCUT2D eigenvalue weighted by Crippen LogP contribution is -2.36. The fourth-order valence-electron chi connectivity index (χ4n) is 2.56. The van der Waals surface area contributed by atoms with Crippen LogP contribution in [0.25, 0.3) is 0 Å². The van der Waals surface area contributed by atoms with Gasteiger partial charge in [0.1, 0.15) is 17.5 Å². The van der Waals surface area contributed by atoms with Crippen LogP contribution < -0.4 is 10.6 Å². The molecule has 1 aromatic rings. The zero-order chi connectivity index (χ0) is 13.1. The molecule has 1 aliphatic heterocycles. The summed E-state index contributed by atoms with van der Waals surface area (Å²) in [5.74, 6) is 2.65. The van der Waals surface area contributed by atoms with Gasteiger partial charge in [-0.1, -0.05) is 13.8 Å². The largest absolute Gasteiger partial charge is 0.394 e. The highest BCUT2D eigenvalue weighted by molar-refractivity contribution is 5.49. The predicted molar refractivity (Wildman–Crippen MR) is 72.4 cm³/mol. The number of anilines is 2. The van der Waals surface area contributed by atoms with Crippen LogP contribution in [-0.4, -0.2) is 34.3 Å². The SMILES string of the molecule is CCCc1nc(N)cc(N2CCC(C)C2CO)n1. The maximum Gasteiger partial charge on any atom is 0.134 e. The molecule has 5 heteroatoms. The fraction of sp³-hybridized carbons (Fsp3) is 0.692. The van der Waals surface area contributed by atoms with E-state index in [1.807, 2.05) is 0 Å². The Bertz CT molecular complexity index is 410. The van der Waals surface area contributed by atoms with Crippen LogP contribution in [-0.2, 0) is 6.42 Å². The summed E-state index contributed by atoms with van der Waals surface area (Å²) >= 11 is 0. The summed E-state index contributed by atoms with van der Waals surface area (Å²) in [5.41, 5.74) is 5.84. The number of aliphatic hydroxyl groups is 1. The van der Waals surface area contributed by atoms with Gasteiger partial charge in [0.2, 0.25) is 0 Å². The quantitative estimate of drug-likeness (QED) is 0.840. The lowest BCUT2D eigenvalue weighted by Gasteiger charge is -2.26. The molecule has 0 aromatic carbocycles. The number of aryl methyl sites for hydroxylation is 1. The molecule has 2 rings (SSSR count). The van der Waals surface area contributed by atoms with Gasteiger partial charge in [0.05, 0.1) is 12.6 Å². The van der Waals surface area contributed by atoms with E-state index in [4.69, 9.17) is 5.73 Å². The summed E-state index contributed by atoms with van der Waals surface area (Å²) in [7, 11) is 0. The van der Waals surface area contributed by atoms with Gasteiger partial charge in [0.25, 0.3) is 0 Å². The Kier molecular flexibility index (Phi) is 4.01. The molecule has 1 aromatic heterocycles. The first-order valence-electron chi connectivity index (χ1n) is 6.66. The standard InChI is InChI=1S/C13H22N4O/c1-3-4-12-15-11(14)7-13(16-12)17-6-5-9(2)10(17)8-18/h7,9-10,18H,3-6,8H2,1-2H3,(H2,14,15,16). The number of aliphatic hydroxyl groups excluding tert-OH is 1. The minimum Gasteiger partial charge on any atom is -0.394 e. The Hall–Kier alpha value is -1.36. The van der Waals surface area contributed by atoms with Crippen LogP contribution >= 0.6 is 0 Å². The maximum atomic E-state index is 9.49. The van der Waals surface area contributed by atoms with Crippen molar-refractivity contribution in [2.75, 3.05) is 23.8 Å². The molecule has 2 heterocycles. The first-order chi connectivity index (χ1) is 8.65. The molecule has 0 amide bonds. The number of rotatable bonds is 4. The molecule has 0 radical (unpaired) electrons. The average molecular weight is 250 g/mol. The molecule has 2 unspecified atom stereocenters. The van der Waals surface area contributed by atoms with E-state index in [9.17, 15) is 5.11 Å². The molecule has 1 aliphatic rings.